The van der Waals surface area contributed by atoms with Crippen molar-refractivity contribution in [3.63, 3.8) is 0 Å². The molecule has 0 saturated heterocycles. The summed E-state index contributed by atoms with van der Waals surface area (Å²) in [6, 6.07) is 0. The van der Waals surface area contributed by atoms with Crippen molar-refractivity contribution in [2.24, 2.45) is 5.73 Å². The fourth-order valence-corrected chi connectivity index (χ4v) is 0.719. The van der Waals surface area contributed by atoms with E-state index in [4.69, 9.17) is 11.1 Å². The van der Waals surface area contributed by atoms with Crippen LogP contribution in [0.15, 0.2) is 0 Å². The molecule has 0 unspecified atom stereocenters. The average Bonchev–Trinajstić information content (AvgIpc) is 2.03. The Labute approximate surface area is 70.1 Å². The molecule has 0 fully saturated rings. The topological polar surface area (TPSA) is 53.1 Å². The Kier molecular flexibility index (Phi) is 10.9. The van der Waals surface area contributed by atoms with Crippen LogP contribution in [0.4, 0.5) is 0 Å². The van der Waals surface area contributed by atoms with E-state index in [2.05, 4.69) is 6.92 Å². The van der Waals surface area contributed by atoms with Crippen LogP contribution in [0.1, 0.15) is 34.1 Å². The van der Waals surface area contributed by atoms with Gasteiger partial charge in [-0.15, -0.1) is 0 Å². The molecule has 0 aliphatic heterocycles. The third-order valence-electron chi connectivity index (χ3n) is 1.22. The molecular formula is C8H21N3. The van der Waals surface area contributed by atoms with Crippen molar-refractivity contribution in [1.82, 2.24) is 4.90 Å². The lowest BCUT2D eigenvalue weighted by molar-refractivity contribution is 0.432. The molecule has 0 aromatic heterocycles. The van der Waals surface area contributed by atoms with E-state index < -0.39 is 0 Å². The third-order valence-corrected chi connectivity index (χ3v) is 1.22. The summed E-state index contributed by atoms with van der Waals surface area (Å²) in [6.45, 7) is 9.80. The molecule has 3 heteroatoms. The van der Waals surface area contributed by atoms with Gasteiger partial charge in [0.15, 0.2) is 5.96 Å². The van der Waals surface area contributed by atoms with Crippen LogP contribution in [0.2, 0.25) is 0 Å². The van der Waals surface area contributed by atoms with Gasteiger partial charge in [-0.1, -0.05) is 20.8 Å². The number of hydrogen-bond donors (Lipinski definition) is 2. The molecular weight excluding hydrogens is 138 g/mol. The Morgan fingerprint density at radius 3 is 1.91 bits per heavy atom. The van der Waals surface area contributed by atoms with Gasteiger partial charge in [0.2, 0.25) is 0 Å². The van der Waals surface area contributed by atoms with Crippen LogP contribution in [0.3, 0.4) is 0 Å². The smallest absolute Gasteiger partial charge is 0.188 e. The third kappa shape index (κ3) is 7.16. The maximum Gasteiger partial charge on any atom is 0.188 e. The van der Waals surface area contributed by atoms with Crippen molar-refractivity contribution in [1.29, 1.82) is 5.41 Å². The number of nitrogens with one attached hydrogen (secondary N) is 1. The van der Waals surface area contributed by atoms with Crippen LogP contribution in [0.25, 0.3) is 0 Å². The maximum absolute atomic E-state index is 7.06. The van der Waals surface area contributed by atoms with Crippen LogP contribution in [-0.2, 0) is 0 Å². The fraction of sp³-hybridized carbons (Fsp3) is 0.875. The predicted molar refractivity (Wildman–Crippen MR) is 50.8 cm³/mol. The highest BCUT2D eigenvalue weighted by Crippen LogP contribution is 1.87. The van der Waals surface area contributed by atoms with Crippen molar-refractivity contribution in [3.05, 3.63) is 0 Å². The molecule has 0 amide bonds. The van der Waals surface area contributed by atoms with Gasteiger partial charge in [-0.2, -0.15) is 0 Å². The molecule has 0 radical (unpaired) electrons. The van der Waals surface area contributed by atoms with Crippen molar-refractivity contribution in [3.8, 4) is 0 Å². The van der Waals surface area contributed by atoms with E-state index in [1.807, 2.05) is 25.7 Å². The van der Waals surface area contributed by atoms with Crippen molar-refractivity contribution >= 4 is 5.96 Å². The second kappa shape index (κ2) is 9.27. The number of nitrogens with two attached hydrogens (primary N) is 1. The first-order valence-electron chi connectivity index (χ1n) is 4.31. The van der Waals surface area contributed by atoms with Gasteiger partial charge in [0.25, 0.3) is 0 Å². The minimum atomic E-state index is 0.180. The fourth-order valence-electron chi connectivity index (χ4n) is 0.719. The predicted octanol–water partition coefficient (Wildman–Crippen LogP) is 1.64. The number of nitrogens with zero attached hydrogens (tertiary/aromatic N) is 1. The van der Waals surface area contributed by atoms with Gasteiger partial charge in [-0.05, 0) is 13.3 Å². The van der Waals surface area contributed by atoms with Gasteiger partial charge in [0.05, 0.1) is 0 Å². The zero-order valence-corrected chi connectivity index (χ0v) is 8.15. The van der Waals surface area contributed by atoms with Gasteiger partial charge in [-0.25, -0.2) is 0 Å². The van der Waals surface area contributed by atoms with Gasteiger partial charge >= 0.3 is 0 Å². The summed E-state index contributed by atoms with van der Waals surface area (Å²) in [5.41, 5.74) is 5.24. The van der Waals surface area contributed by atoms with Gasteiger partial charge in [0.1, 0.15) is 0 Å². The van der Waals surface area contributed by atoms with Crippen LogP contribution in [0, 0.1) is 5.41 Å². The first-order valence-corrected chi connectivity index (χ1v) is 4.31. The number of rotatable bonds is 3. The molecule has 0 rings (SSSR count). The van der Waals surface area contributed by atoms with Crippen molar-refractivity contribution < 1.29 is 0 Å². The zero-order valence-electron chi connectivity index (χ0n) is 8.15. The minimum Gasteiger partial charge on any atom is -0.370 e. The molecule has 0 aliphatic carbocycles. The Bertz CT molecular complexity index is 91.3. The molecule has 0 atom stereocenters. The molecule has 3 nitrogen and oxygen atoms in total. The largest absolute Gasteiger partial charge is 0.370 e. The molecule has 68 valence electrons. The second-order valence-electron chi connectivity index (χ2n) is 1.96. The second-order valence-corrected chi connectivity index (χ2v) is 1.96. The van der Waals surface area contributed by atoms with Gasteiger partial charge in [0, 0.05) is 13.1 Å². The van der Waals surface area contributed by atoms with Crippen molar-refractivity contribution in [2.45, 2.75) is 34.1 Å². The molecule has 0 spiro atoms. The zero-order chi connectivity index (χ0) is 9.28. The summed E-state index contributed by atoms with van der Waals surface area (Å²) < 4.78 is 0. The summed E-state index contributed by atoms with van der Waals surface area (Å²) in [7, 11) is 0. The molecule has 0 bridgehead atoms. The van der Waals surface area contributed by atoms with Crippen LogP contribution >= 0.6 is 0 Å². The summed E-state index contributed by atoms with van der Waals surface area (Å²) >= 11 is 0. The maximum atomic E-state index is 7.06. The van der Waals surface area contributed by atoms with Crippen LogP contribution in [0.5, 0.6) is 0 Å². The summed E-state index contributed by atoms with van der Waals surface area (Å²) in [4.78, 5) is 1.83. The molecule has 0 aromatic carbocycles. The average molecular weight is 159 g/mol. The van der Waals surface area contributed by atoms with E-state index >= 15 is 0 Å². The minimum absolute atomic E-state index is 0.180. The SMILES string of the molecule is CC.CCCN(CC)C(=N)N. The number of hydrogen-bond acceptors (Lipinski definition) is 1. The molecule has 0 saturated carbocycles. The Morgan fingerprint density at radius 2 is 1.82 bits per heavy atom. The Hall–Kier alpha value is -0.730. The molecule has 3 N–H and O–H groups in total. The molecule has 11 heavy (non-hydrogen) atoms. The van der Waals surface area contributed by atoms with Crippen molar-refractivity contribution in [2.75, 3.05) is 13.1 Å². The number of guanidine groups is 1. The van der Waals surface area contributed by atoms with E-state index in [-0.39, 0.29) is 5.96 Å². The Balaban J connectivity index is 0. The summed E-state index contributed by atoms with van der Waals surface area (Å²) in [6.07, 6.45) is 1.05. The quantitative estimate of drug-likeness (QED) is 0.486. The van der Waals surface area contributed by atoms with Gasteiger partial charge < -0.3 is 10.6 Å². The summed E-state index contributed by atoms with van der Waals surface area (Å²) in [5.74, 6) is 0.180. The lowest BCUT2D eigenvalue weighted by Crippen LogP contribution is -2.36. The highest BCUT2D eigenvalue weighted by Gasteiger charge is 1.98. The standard InChI is InChI=1S/C6H15N3.C2H6/c1-3-5-9(4-2)6(7)8;1-2/h3-5H2,1-2H3,(H3,7,8);1-2H3. The highest BCUT2D eigenvalue weighted by molar-refractivity contribution is 5.74. The molecule has 0 aromatic rings. The Morgan fingerprint density at radius 1 is 1.36 bits per heavy atom. The molecule has 0 aliphatic rings. The summed E-state index contributed by atoms with van der Waals surface area (Å²) in [5, 5.41) is 7.06. The van der Waals surface area contributed by atoms with E-state index in [1.165, 1.54) is 0 Å². The van der Waals surface area contributed by atoms with E-state index in [0.717, 1.165) is 19.5 Å². The van der Waals surface area contributed by atoms with Crippen LogP contribution in [-0.4, -0.2) is 23.9 Å². The highest BCUT2D eigenvalue weighted by atomic mass is 15.2. The molecule has 0 heterocycles. The van der Waals surface area contributed by atoms with E-state index in [0.29, 0.717) is 0 Å². The van der Waals surface area contributed by atoms with Gasteiger partial charge in [-0.3, -0.25) is 5.41 Å². The first kappa shape index (κ1) is 12.9. The lowest BCUT2D eigenvalue weighted by Gasteiger charge is -2.18. The monoisotopic (exact) mass is 159 g/mol. The van der Waals surface area contributed by atoms with E-state index in [1.54, 1.807) is 0 Å². The normalized spacial score (nSPS) is 8.00. The lowest BCUT2D eigenvalue weighted by atomic mass is 10.4. The van der Waals surface area contributed by atoms with E-state index in [9.17, 15) is 0 Å². The van der Waals surface area contributed by atoms with Crippen LogP contribution < -0.4 is 5.73 Å². The first-order chi connectivity index (χ1) is 5.22.